The fourth-order valence-corrected chi connectivity index (χ4v) is 7.06. The fourth-order valence-electron chi connectivity index (χ4n) is 7.06. The molecule has 10 rings (SSSR count). The van der Waals surface area contributed by atoms with E-state index in [4.69, 9.17) is 15.0 Å². The van der Waals surface area contributed by atoms with Gasteiger partial charge in [0.25, 0.3) is 0 Å². The smallest absolute Gasteiger partial charge is 0.165 e. The van der Waals surface area contributed by atoms with E-state index in [-0.39, 0.29) is 0 Å². The number of pyridine rings is 1. The Balaban J connectivity index is 1.43. The van der Waals surface area contributed by atoms with Gasteiger partial charge < -0.3 is 0 Å². The van der Waals surface area contributed by atoms with Gasteiger partial charge in [0.05, 0.1) is 33.1 Å². The van der Waals surface area contributed by atoms with Crippen LogP contribution in [0.25, 0.3) is 88.3 Å². The van der Waals surface area contributed by atoms with Gasteiger partial charge in [-0.3, -0.25) is 9.13 Å². The summed E-state index contributed by atoms with van der Waals surface area (Å²) in [4.78, 5) is 15.4. The maximum atomic E-state index is 5.36. The standard InChI is InChI=1S/C41H25N5/c1-2-12-26(13-3-1)40-41(44-34-18-8-7-17-33(34)43-40)46-36-23-28-15-5-4-14-27(28)22-30(36)32-24-31-29-16-6-9-19-35(29)45(37(31)25-38(32)46)39-20-10-11-21-42-39/h1-25H. The Morgan fingerprint density at radius 1 is 0.413 bits per heavy atom. The minimum Gasteiger partial charge on any atom is -0.294 e. The van der Waals surface area contributed by atoms with Gasteiger partial charge >= 0.3 is 0 Å². The van der Waals surface area contributed by atoms with Crippen LogP contribution >= 0.6 is 0 Å². The quantitative estimate of drug-likeness (QED) is 0.207. The number of fused-ring (bicyclic) bond motifs is 8. The van der Waals surface area contributed by atoms with Gasteiger partial charge in [0.15, 0.2) is 5.82 Å². The SMILES string of the molecule is c1ccc(-c2nc3ccccc3nc2-n2c3cc4ccccc4cc3c3cc4c5ccccc5n(-c5ccccn5)c4cc32)cc1. The second-order valence-electron chi connectivity index (χ2n) is 11.7. The molecular weight excluding hydrogens is 562 g/mol. The highest BCUT2D eigenvalue weighted by molar-refractivity contribution is 6.20. The lowest BCUT2D eigenvalue weighted by Crippen LogP contribution is -2.04. The first-order chi connectivity index (χ1) is 22.8. The average Bonchev–Trinajstić information content (AvgIpc) is 3.61. The second-order valence-corrected chi connectivity index (χ2v) is 11.7. The normalized spacial score (nSPS) is 11.9. The van der Waals surface area contributed by atoms with E-state index >= 15 is 0 Å². The van der Waals surface area contributed by atoms with Crippen LogP contribution in [0.4, 0.5) is 0 Å². The molecule has 4 aromatic heterocycles. The molecular formula is C41H25N5. The molecule has 5 nitrogen and oxygen atoms in total. The van der Waals surface area contributed by atoms with E-state index in [0.29, 0.717) is 0 Å². The van der Waals surface area contributed by atoms with Crippen molar-refractivity contribution in [3.05, 3.63) is 152 Å². The molecule has 0 saturated carbocycles. The Hall–Kier alpha value is -6.33. The molecule has 0 unspecified atom stereocenters. The number of rotatable bonds is 3. The molecule has 5 heteroatoms. The highest BCUT2D eigenvalue weighted by Crippen LogP contribution is 2.41. The van der Waals surface area contributed by atoms with Gasteiger partial charge in [-0.1, -0.05) is 91.0 Å². The molecule has 0 spiro atoms. The molecule has 6 aromatic carbocycles. The maximum Gasteiger partial charge on any atom is 0.165 e. The monoisotopic (exact) mass is 587 g/mol. The van der Waals surface area contributed by atoms with Gasteiger partial charge in [0, 0.05) is 33.3 Å². The lowest BCUT2D eigenvalue weighted by atomic mass is 10.0. The third-order valence-electron chi connectivity index (χ3n) is 9.12. The van der Waals surface area contributed by atoms with Gasteiger partial charge in [-0.25, -0.2) is 15.0 Å². The minimum atomic E-state index is 0.806. The zero-order valence-electron chi connectivity index (χ0n) is 24.7. The number of hydrogen-bond acceptors (Lipinski definition) is 3. The van der Waals surface area contributed by atoms with Crippen molar-refractivity contribution < 1.29 is 0 Å². The van der Waals surface area contributed by atoms with Gasteiger partial charge in [0.1, 0.15) is 11.5 Å². The maximum absolute atomic E-state index is 5.36. The number of aromatic nitrogens is 5. The van der Waals surface area contributed by atoms with Crippen LogP contribution in [0.15, 0.2) is 152 Å². The van der Waals surface area contributed by atoms with Crippen molar-refractivity contribution in [1.82, 2.24) is 24.1 Å². The molecule has 46 heavy (non-hydrogen) atoms. The summed E-state index contributed by atoms with van der Waals surface area (Å²) in [5.41, 5.74) is 7.98. The third kappa shape index (κ3) is 3.60. The summed E-state index contributed by atoms with van der Waals surface area (Å²) in [6.07, 6.45) is 1.85. The van der Waals surface area contributed by atoms with E-state index in [2.05, 4.69) is 112 Å². The van der Waals surface area contributed by atoms with Crippen molar-refractivity contribution in [2.75, 3.05) is 0 Å². The largest absolute Gasteiger partial charge is 0.294 e. The Bertz CT molecular complexity index is 2790. The van der Waals surface area contributed by atoms with Crippen molar-refractivity contribution in [3.8, 4) is 22.9 Å². The highest BCUT2D eigenvalue weighted by Gasteiger charge is 2.22. The predicted molar refractivity (Wildman–Crippen MR) is 189 cm³/mol. The summed E-state index contributed by atoms with van der Waals surface area (Å²) in [5.74, 6) is 1.69. The summed E-state index contributed by atoms with van der Waals surface area (Å²) in [5, 5.41) is 7.13. The topological polar surface area (TPSA) is 48.5 Å². The van der Waals surface area contributed by atoms with E-state index in [9.17, 15) is 0 Å². The molecule has 0 bridgehead atoms. The summed E-state index contributed by atoms with van der Waals surface area (Å²) in [6, 6.07) is 51.0. The third-order valence-corrected chi connectivity index (χ3v) is 9.12. The van der Waals surface area contributed by atoms with E-state index in [1.54, 1.807) is 0 Å². The minimum absolute atomic E-state index is 0.806. The second kappa shape index (κ2) is 9.58. The van der Waals surface area contributed by atoms with Gasteiger partial charge in [-0.05, 0) is 65.4 Å². The first-order valence-electron chi connectivity index (χ1n) is 15.5. The van der Waals surface area contributed by atoms with Crippen molar-refractivity contribution in [2.45, 2.75) is 0 Å². The van der Waals surface area contributed by atoms with Crippen LogP contribution in [-0.4, -0.2) is 24.1 Å². The van der Waals surface area contributed by atoms with Gasteiger partial charge in [-0.15, -0.1) is 0 Å². The molecule has 0 radical (unpaired) electrons. The first kappa shape index (κ1) is 25.0. The predicted octanol–water partition coefficient (Wildman–Crippen LogP) is 10.0. The molecule has 0 fully saturated rings. The Labute approximate surface area is 263 Å². The van der Waals surface area contributed by atoms with Crippen LogP contribution in [0.1, 0.15) is 0 Å². The summed E-state index contributed by atoms with van der Waals surface area (Å²) < 4.78 is 4.59. The van der Waals surface area contributed by atoms with Crippen LogP contribution in [0.2, 0.25) is 0 Å². The molecule has 0 aliphatic rings. The molecule has 214 valence electrons. The van der Waals surface area contributed by atoms with E-state index in [1.807, 2.05) is 48.7 Å². The Morgan fingerprint density at radius 3 is 1.87 bits per heavy atom. The van der Waals surface area contributed by atoms with Crippen molar-refractivity contribution in [1.29, 1.82) is 0 Å². The van der Waals surface area contributed by atoms with Crippen LogP contribution in [0.3, 0.4) is 0 Å². The zero-order valence-corrected chi connectivity index (χ0v) is 24.7. The summed E-state index contributed by atoms with van der Waals surface area (Å²) in [6.45, 7) is 0. The van der Waals surface area contributed by atoms with Crippen LogP contribution < -0.4 is 0 Å². The first-order valence-corrected chi connectivity index (χ1v) is 15.5. The van der Waals surface area contributed by atoms with Gasteiger partial charge in [0.2, 0.25) is 0 Å². The molecule has 0 amide bonds. The molecule has 0 aliphatic carbocycles. The number of nitrogens with zero attached hydrogens (tertiary/aromatic N) is 5. The highest BCUT2D eigenvalue weighted by atomic mass is 15.1. The summed E-state index contributed by atoms with van der Waals surface area (Å²) in [7, 11) is 0. The Kier molecular flexibility index (Phi) is 5.22. The van der Waals surface area contributed by atoms with E-state index in [1.165, 1.54) is 32.3 Å². The number of benzene rings is 6. The number of para-hydroxylation sites is 3. The molecule has 0 saturated heterocycles. The van der Waals surface area contributed by atoms with Crippen molar-refractivity contribution in [2.24, 2.45) is 0 Å². The van der Waals surface area contributed by atoms with Crippen LogP contribution in [0.5, 0.6) is 0 Å². The lowest BCUT2D eigenvalue weighted by Gasteiger charge is -2.14. The number of hydrogen-bond donors (Lipinski definition) is 0. The van der Waals surface area contributed by atoms with E-state index < -0.39 is 0 Å². The average molecular weight is 588 g/mol. The molecule has 4 heterocycles. The van der Waals surface area contributed by atoms with Crippen molar-refractivity contribution in [3.63, 3.8) is 0 Å². The van der Waals surface area contributed by atoms with E-state index in [0.717, 1.165) is 56.0 Å². The van der Waals surface area contributed by atoms with Crippen LogP contribution in [0, 0.1) is 0 Å². The van der Waals surface area contributed by atoms with Crippen LogP contribution in [-0.2, 0) is 0 Å². The molecule has 10 aromatic rings. The lowest BCUT2D eigenvalue weighted by molar-refractivity contribution is 1.07. The molecule has 0 atom stereocenters. The van der Waals surface area contributed by atoms with Crippen molar-refractivity contribution >= 4 is 65.4 Å². The van der Waals surface area contributed by atoms with Gasteiger partial charge in [-0.2, -0.15) is 0 Å². The fraction of sp³-hybridized carbons (Fsp3) is 0. The molecule has 0 N–H and O–H groups in total. The zero-order chi connectivity index (χ0) is 30.2. The summed E-state index contributed by atoms with van der Waals surface area (Å²) >= 11 is 0. The molecule has 0 aliphatic heterocycles. The Morgan fingerprint density at radius 2 is 1.04 bits per heavy atom.